The highest BCUT2D eigenvalue weighted by Crippen LogP contribution is 2.17. The quantitative estimate of drug-likeness (QED) is 0.0262. The zero-order valence-corrected chi connectivity index (χ0v) is 45.1. The van der Waals surface area contributed by atoms with Crippen LogP contribution in [0, 0.1) is 0 Å². The summed E-state index contributed by atoms with van der Waals surface area (Å²) in [6, 6.07) is 0. The number of unbranched alkanes of at least 4 members (excludes halogenated alkanes) is 32. The maximum atomic E-state index is 12.8. The Morgan fingerprint density at radius 2 is 0.574 bits per heavy atom. The lowest BCUT2D eigenvalue weighted by Gasteiger charge is -2.18. The Labute approximate surface area is 421 Å². The number of hydrogen-bond donors (Lipinski definition) is 0. The zero-order valence-electron chi connectivity index (χ0n) is 45.1. The van der Waals surface area contributed by atoms with Gasteiger partial charge in [0.1, 0.15) is 13.2 Å². The fourth-order valence-corrected chi connectivity index (χ4v) is 8.42. The summed E-state index contributed by atoms with van der Waals surface area (Å²) in [5.41, 5.74) is 0. The molecule has 0 aliphatic heterocycles. The van der Waals surface area contributed by atoms with Gasteiger partial charge in [0.05, 0.1) is 0 Å². The molecule has 0 aromatic heterocycles. The minimum atomic E-state index is -0.800. The molecule has 0 bridgehead atoms. The fourth-order valence-electron chi connectivity index (χ4n) is 8.42. The van der Waals surface area contributed by atoms with E-state index >= 15 is 0 Å². The van der Waals surface area contributed by atoms with Crippen molar-refractivity contribution < 1.29 is 28.6 Å². The molecule has 0 aromatic rings. The maximum absolute atomic E-state index is 12.8. The first-order valence-electron chi connectivity index (χ1n) is 29.3. The van der Waals surface area contributed by atoms with Crippen LogP contribution in [0.2, 0.25) is 0 Å². The van der Waals surface area contributed by atoms with Crippen LogP contribution in [0.4, 0.5) is 0 Å². The Bertz CT molecular complexity index is 1230. The van der Waals surface area contributed by atoms with E-state index in [9.17, 15) is 14.4 Å². The molecule has 0 amide bonds. The van der Waals surface area contributed by atoms with Crippen LogP contribution in [0.1, 0.15) is 297 Å². The lowest BCUT2D eigenvalue weighted by Crippen LogP contribution is -2.30. The summed E-state index contributed by atoms with van der Waals surface area (Å²) in [7, 11) is 0. The van der Waals surface area contributed by atoms with Gasteiger partial charge >= 0.3 is 17.9 Å². The van der Waals surface area contributed by atoms with Crippen LogP contribution < -0.4 is 0 Å². The third-order valence-electron chi connectivity index (χ3n) is 12.8. The summed E-state index contributed by atoms with van der Waals surface area (Å²) < 4.78 is 16.8. The van der Waals surface area contributed by atoms with Gasteiger partial charge < -0.3 is 14.2 Å². The highest BCUT2D eigenvalue weighted by atomic mass is 16.6. The van der Waals surface area contributed by atoms with Gasteiger partial charge in [-0.15, -0.1) is 0 Å². The van der Waals surface area contributed by atoms with E-state index in [4.69, 9.17) is 14.2 Å². The normalized spacial score (nSPS) is 12.5. The molecule has 0 fully saturated rings. The van der Waals surface area contributed by atoms with E-state index in [0.717, 1.165) is 77.0 Å². The lowest BCUT2D eigenvalue weighted by molar-refractivity contribution is -0.167. The number of esters is 3. The SMILES string of the molecule is CC/C=C\C/C=C\C/C=C\C/C=C\C/C=C\CCCC(=O)OC(COC(=O)CCCCCCCCCCC)COC(=O)CCCCCCCCCCCCCCCCCCCCCCCCCC. The second-order valence-corrected chi connectivity index (χ2v) is 19.5. The first-order valence-corrected chi connectivity index (χ1v) is 29.3. The summed E-state index contributed by atoms with van der Waals surface area (Å²) in [6.07, 6.45) is 71.0. The summed E-state index contributed by atoms with van der Waals surface area (Å²) in [5, 5.41) is 0. The zero-order chi connectivity index (χ0) is 49.3. The number of rotatable bonds is 53. The molecule has 0 aliphatic carbocycles. The van der Waals surface area contributed by atoms with Gasteiger partial charge in [0.15, 0.2) is 6.10 Å². The summed E-state index contributed by atoms with van der Waals surface area (Å²) in [6.45, 7) is 6.49. The number of allylic oxidation sites excluding steroid dienone is 10. The van der Waals surface area contributed by atoms with Crippen molar-refractivity contribution in [2.75, 3.05) is 13.2 Å². The molecule has 0 rings (SSSR count). The van der Waals surface area contributed by atoms with Crippen LogP contribution in [-0.2, 0) is 28.6 Å². The smallest absolute Gasteiger partial charge is 0.306 e. The molecule has 0 aliphatic rings. The van der Waals surface area contributed by atoms with Crippen molar-refractivity contribution in [2.45, 2.75) is 303 Å². The van der Waals surface area contributed by atoms with Crippen molar-refractivity contribution in [1.29, 1.82) is 0 Å². The molecule has 0 N–H and O–H groups in total. The third kappa shape index (κ3) is 54.1. The van der Waals surface area contributed by atoms with Gasteiger partial charge in [-0.3, -0.25) is 14.4 Å². The predicted octanol–water partition coefficient (Wildman–Crippen LogP) is 19.6. The molecule has 6 nitrogen and oxygen atoms in total. The lowest BCUT2D eigenvalue weighted by atomic mass is 10.0. The van der Waals surface area contributed by atoms with Gasteiger partial charge in [0.25, 0.3) is 0 Å². The third-order valence-corrected chi connectivity index (χ3v) is 12.8. The Hall–Kier alpha value is -2.89. The van der Waals surface area contributed by atoms with E-state index in [1.54, 1.807) is 0 Å². The van der Waals surface area contributed by atoms with Crippen LogP contribution >= 0.6 is 0 Å². The van der Waals surface area contributed by atoms with Gasteiger partial charge in [-0.1, -0.05) is 281 Å². The second kappa shape index (κ2) is 56.7. The predicted molar refractivity (Wildman–Crippen MR) is 293 cm³/mol. The van der Waals surface area contributed by atoms with Crippen molar-refractivity contribution in [3.05, 3.63) is 60.8 Å². The van der Waals surface area contributed by atoms with Gasteiger partial charge in [0.2, 0.25) is 0 Å². The van der Waals surface area contributed by atoms with Gasteiger partial charge in [-0.05, 0) is 57.8 Å². The molecule has 1 atom stereocenters. The summed E-state index contributed by atoms with van der Waals surface area (Å²) in [5.74, 6) is -0.943. The highest BCUT2D eigenvalue weighted by molar-refractivity contribution is 5.71. The van der Waals surface area contributed by atoms with E-state index in [2.05, 4.69) is 81.5 Å². The van der Waals surface area contributed by atoms with Crippen molar-refractivity contribution >= 4 is 17.9 Å². The van der Waals surface area contributed by atoms with Crippen LogP contribution in [0.15, 0.2) is 60.8 Å². The minimum absolute atomic E-state index is 0.0932. The number of carbonyl (C=O) groups is 3. The Kier molecular flexibility index (Phi) is 54.3. The van der Waals surface area contributed by atoms with Crippen LogP contribution in [0.3, 0.4) is 0 Å². The standard InChI is InChI=1S/C62H110O6/c1-4-7-10-13-16-19-21-23-25-27-28-29-30-31-32-33-35-36-38-40-43-46-49-52-55-61(64)67-58-59(57-66-60(63)54-51-48-45-42-18-15-12-9-6-3)68-62(65)56-53-50-47-44-41-39-37-34-26-24-22-20-17-14-11-8-5-2/h8,11,17,20,24,26,37,39,44,47,59H,4-7,9-10,12-16,18-19,21-23,25,27-36,38,40-43,45-46,48-58H2,1-3H3/b11-8-,20-17-,26-24-,39-37-,47-44-. The van der Waals surface area contributed by atoms with Gasteiger partial charge in [-0.25, -0.2) is 0 Å². The first kappa shape index (κ1) is 65.1. The highest BCUT2D eigenvalue weighted by Gasteiger charge is 2.19. The molecular weight excluding hydrogens is 841 g/mol. The van der Waals surface area contributed by atoms with Crippen molar-refractivity contribution in [3.8, 4) is 0 Å². The maximum Gasteiger partial charge on any atom is 0.306 e. The molecule has 0 spiro atoms. The first-order chi connectivity index (χ1) is 33.5. The molecule has 0 aromatic carbocycles. The van der Waals surface area contributed by atoms with Crippen LogP contribution in [0.25, 0.3) is 0 Å². The molecular formula is C62H110O6. The topological polar surface area (TPSA) is 78.9 Å². The van der Waals surface area contributed by atoms with Gasteiger partial charge in [-0.2, -0.15) is 0 Å². The molecule has 6 heteroatoms. The molecule has 394 valence electrons. The van der Waals surface area contributed by atoms with E-state index in [0.29, 0.717) is 19.3 Å². The van der Waals surface area contributed by atoms with E-state index in [1.807, 2.05) is 0 Å². The van der Waals surface area contributed by atoms with Crippen molar-refractivity contribution in [1.82, 2.24) is 0 Å². The molecule has 1 unspecified atom stereocenters. The van der Waals surface area contributed by atoms with Crippen LogP contribution in [0.5, 0.6) is 0 Å². The molecule has 0 radical (unpaired) electrons. The Balaban J connectivity index is 4.25. The molecule has 0 saturated carbocycles. The molecule has 0 saturated heterocycles. The summed E-state index contributed by atoms with van der Waals surface area (Å²) in [4.78, 5) is 38.0. The number of ether oxygens (including phenoxy) is 3. The Morgan fingerprint density at radius 1 is 0.309 bits per heavy atom. The Morgan fingerprint density at radius 3 is 0.882 bits per heavy atom. The average Bonchev–Trinajstić information content (AvgIpc) is 3.34. The largest absolute Gasteiger partial charge is 0.462 e. The van der Waals surface area contributed by atoms with E-state index in [1.165, 1.54) is 173 Å². The average molecular weight is 952 g/mol. The number of carbonyl (C=O) groups excluding carboxylic acids is 3. The van der Waals surface area contributed by atoms with Crippen molar-refractivity contribution in [3.63, 3.8) is 0 Å². The molecule has 68 heavy (non-hydrogen) atoms. The number of hydrogen-bond acceptors (Lipinski definition) is 6. The monoisotopic (exact) mass is 951 g/mol. The van der Waals surface area contributed by atoms with E-state index < -0.39 is 6.10 Å². The van der Waals surface area contributed by atoms with E-state index in [-0.39, 0.29) is 37.5 Å². The second-order valence-electron chi connectivity index (χ2n) is 19.5. The van der Waals surface area contributed by atoms with Gasteiger partial charge in [0, 0.05) is 19.3 Å². The molecule has 0 heterocycles. The fraction of sp³-hybridized carbons (Fsp3) is 0.790. The summed E-state index contributed by atoms with van der Waals surface area (Å²) >= 11 is 0. The minimum Gasteiger partial charge on any atom is -0.462 e. The van der Waals surface area contributed by atoms with Crippen molar-refractivity contribution in [2.24, 2.45) is 0 Å². The van der Waals surface area contributed by atoms with Crippen LogP contribution in [-0.4, -0.2) is 37.2 Å².